The summed E-state index contributed by atoms with van der Waals surface area (Å²) < 4.78 is 30.4. The Morgan fingerprint density at radius 3 is 2.44 bits per heavy atom. The van der Waals surface area contributed by atoms with Crippen LogP contribution in [0.5, 0.6) is 5.75 Å². The van der Waals surface area contributed by atoms with E-state index in [1.807, 2.05) is 0 Å². The summed E-state index contributed by atoms with van der Waals surface area (Å²) in [4.78, 5) is 9.79. The van der Waals surface area contributed by atoms with E-state index in [0.29, 0.717) is 5.56 Å². The van der Waals surface area contributed by atoms with Gasteiger partial charge in [-0.15, -0.1) is 6.58 Å². The van der Waals surface area contributed by atoms with E-state index in [1.165, 1.54) is 6.08 Å². The van der Waals surface area contributed by atoms with Gasteiger partial charge < -0.3 is 5.11 Å². The smallest absolute Gasteiger partial charge is 0.311 e. The highest BCUT2D eigenvalue weighted by atomic mass is 32.2. The minimum atomic E-state index is -4.31. The van der Waals surface area contributed by atoms with Crippen LogP contribution in [0.2, 0.25) is 0 Å². The van der Waals surface area contributed by atoms with Crippen LogP contribution < -0.4 is 0 Å². The summed E-state index contributed by atoms with van der Waals surface area (Å²) >= 11 is 0. The molecule has 0 saturated heterocycles. The molecule has 0 radical (unpaired) electrons. The number of hydrogen-bond acceptors (Lipinski definition) is 5. The maximum absolute atomic E-state index is 10.8. The van der Waals surface area contributed by atoms with Gasteiger partial charge >= 0.3 is 5.69 Å². The third-order valence-corrected chi connectivity index (χ3v) is 2.87. The number of phenolic OH excluding ortho intramolecular Hbond substituents is 1. The number of nitrogens with zero attached hydrogens (tertiary/aromatic N) is 1. The summed E-state index contributed by atoms with van der Waals surface area (Å²) in [6, 6.07) is 2.03. The van der Waals surface area contributed by atoms with Crippen LogP contribution in [0.25, 0.3) is 0 Å². The van der Waals surface area contributed by atoms with Crippen molar-refractivity contribution in [2.45, 2.75) is 12.2 Å². The van der Waals surface area contributed by atoms with Gasteiger partial charge in [-0.3, -0.25) is 14.7 Å². The predicted molar refractivity (Wildman–Crippen MR) is 63.9 cm³/mol. The Hall–Kier alpha value is -1.93. The number of aromatic hydroxyl groups is 1. The fourth-order valence-corrected chi connectivity index (χ4v) is 2.15. The van der Waals surface area contributed by atoms with Crippen molar-refractivity contribution >= 4 is 15.8 Å². The molecular weight excluding hydrogens is 262 g/mol. The zero-order valence-electron chi connectivity index (χ0n) is 9.24. The van der Waals surface area contributed by atoms with Gasteiger partial charge in [0, 0.05) is 6.07 Å². The third kappa shape index (κ3) is 3.54. The molecule has 98 valence electrons. The first-order chi connectivity index (χ1) is 8.24. The van der Waals surface area contributed by atoms with Crippen molar-refractivity contribution in [3.05, 3.63) is 46.0 Å². The van der Waals surface area contributed by atoms with Gasteiger partial charge in [-0.1, -0.05) is 6.08 Å². The zero-order chi connectivity index (χ0) is 13.9. The van der Waals surface area contributed by atoms with Crippen LogP contribution in [-0.2, 0) is 22.3 Å². The molecule has 0 fully saturated rings. The average molecular weight is 273 g/mol. The summed E-state index contributed by atoms with van der Waals surface area (Å²) in [5.74, 6) is -1.31. The Balaban J connectivity index is 3.39. The van der Waals surface area contributed by atoms with E-state index in [2.05, 4.69) is 6.58 Å². The fourth-order valence-electron chi connectivity index (χ4n) is 1.49. The normalized spacial score (nSPS) is 11.2. The molecule has 1 rings (SSSR count). The first-order valence-electron chi connectivity index (χ1n) is 4.80. The molecule has 0 saturated carbocycles. The largest absolute Gasteiger partial charge is 0.502 e. The molecule has 1 aromatic rings. The quantitative estimate of drug-likeness (QED) is 0.362. The second-order valence-corrected chi connectivity index (χ2v) is 5.04. The summed E-state index contributed by atoms with van der Waals surface area (Å²) in [6.07, 6.45) is 1.67. The van der Waals surface area contributed by atoms with Crippen LogP contribution in [-0.4, -0.2) is 23.0 Å². The third-order valence-electron chi connectivity index (χ3n) is 2.20. The van der Waals surface area contributed by atoms with Gasteiger partial charge in [0.15, 0.2) is 5.75 Å². The second-order valence-electron chi connectivity index (χ2n) is 3.59. The second kappa shape index (κ2) is 5.15. The number of nitro benzene ring substituents is 1. The number of hydrogen-bond donors (Lipinski definition) is 2. The summed E-state index contributed by atoms with van der Waals surface area (Å²) in [5, 5.41) is 20.0. The van der Waals surface area contributed by atoms with Crippen LogP contribution in [0.15, 0.2) is 24.8 Å². The van der Waals surface area contributed by atoms with Gasteiger partial charge in [-0.2, -0.15) is 8.42 Å². The molecule has 8 heteroatoms. The lowest BCUT2D eigenvalue weighted by Crippen LogP contribution is -2.05. The highest BCUT2D eigenvalue weighted by molar-refractivity contribution is 7.85. The lowest BCUT2D eigenvalue weighted by molar-refractivity contribution is -0.385. The van der Waals surface area contributed by atoms with Crippen molar-refractivity contribution in [2.75, 3.05) is 0 Å². The van der Waals surface area contributed by atoms with E-state index in [0.717, 1.165) is 12.1 Å². The molecule has 18 heavy (non-hydrogen) atoms. The molecule has 0 aliphatic carbocycles. The SMILES string of the molecule is C=CCc1cc(O)c([N+](=O)[O-])cc1CS(=O)(=O)O. The fraction of sp³-hybridized carbons (Fsp3) is 0.200. The van der Waals surface area contributed by atoms with Crippen LogP contribution in [0, 0.1) is 10.1 Å². The standard InChI is InChI=1S/C10H11NO6S/c1-2-3-7-5-10(12)9(11(13)14)4-8(7)6-18(15,16)17/h2,4-5,12H,1,3,6H2,(H,15,16,17). The van der Waals surface area contributed by atoms with E-state index >= 15 is 0 Å². The van der Waals surface area contributed by atoms with Crippen molar-refractivity contribution in [3.63, 3.8) is 0 Å². The minimum absolute atomic E-state index is 0.0573. The van der Waals surface area contributed by atoms with Crippen LogP contribution >= 0.6 is 0 Å². The molecule has 7 nitrogen and oxygen atoms in total. The molecule has 0 aliphatic heterocycles. The minimum Gasteiger partial charge on any atom is -0.502 e. The molecule has 0 atom stereocenters. The Kier molecular flexibility index (Phi) is 4.04. The Morgan fingerprint density at radius 2 is 2.00 bits per heavy atom. The van der Waals surface area contributed by atoms with Crippen molar-refractivity contribution in [2.24, 2.45) is 0 Å². The number of nitro groups is 1. The lowest BCUT2D eigenvalue weighted by Gasteiger charge is -2.07. The number of allylic oxidation sites excluding steroid dienone is 1. The number of phenols is 1. The van der Waals surface area contributed by atoms with Gasteiger partial charge in [0.05, 0.1) is 4.92 Å². The van der Waals surface area contributed by atoms with Crippen molar-refractivity contribution in [3.8, 4) is 5.75 Å². The van der Waals surface area contributed by atoms with Crippen LogP contribution in [0.3, 0.4) is 0 Å². The topological polar surface area (TPSA) is 118 Å². The van der Waals surface area contributed by atoms with E-state index in [-0.39, 0.29) is 12.0 Å². The molecule has 0 amide bonds. The number of rotatable bonds is 5. The monoisotopic (exact) mass is 273 g/mol. The lowest BCUT2D eigenvalue weighted by atomic mass is 10.0. The molecule has 1 aromatic carbocycles. The van der Waals surface area contributed by atoms with Gasteiger partial charge in [0.2, 0.25) is 0 Å². The van der Waals surface area contributed by atoms with Crippen molar-refractivity contribution < 1.29 is 23.0 Å². The molecule has 0 aromatic heterocycles. The summed E-state index contributed by atoms with van der Waals surface area (Å²) in [5.41, 5.74) is -0.200. The Morgan fingerprint density at radius 1 is 1.39 bits per heavy atom. The van der Waals surface area contributed by atoms with Gasteiger partial charge in [0.1, 0.15) is 5.75 Å². The molecule has 0 aliphatic rings. The summed E-state index contributed by atoms with van der Waals surface area (Å²) in [7, 11) is -4.31. The van der Waals surface area contributed by atoms with Gasteiger partial charge in [0.25, 0.3) is 10.1 Å². The Labute approximate surface area is 103 Å². The van der Waals surface area contributed by atoms with Crippen molar-refractivity contribution in [1.82, 2.24) is 0 Å². The molecule has 0 spiro atoms. The average Bonchev–Trinajstić information content (AvgIpc) is 2.19. The van der Waals surface area contributed by atoms with E-state index in [1.54, 1.807) is 0 Å². The summed E-state index contributed by atoms with van der Waals surface area (Å²) in [6.45, 7) is 3.45. The highest BCUT2D eigenvalue weighted by Crippen LogP contribution is 2.30. The van der Waals surface area contributed by atoms with Crippen molar-refractivity contribution in [1.29, 1.82) is 0 Å². The van der Waals surface area contributed by atoms with E-state index < -0.39 is 32.2 Å². The molecule has 2 N–H and O–H groups in total. The molecule has 0 bridgehead atoms. The first-order valence-corrected chi connectivity index (χ1v) is 6.40. The molecular formula is C10H11NO6S. The van der Waals surface area contributed by atoms with Crippen LogP contribution in [0.1, 0.15) is 11.1 Å². The molecule has 0 heterocycles. The van der Waals surface area contributed by atoms with E-state index in [4.69, 9.17) is 4.55 Å². The first kappa shape index (κ1) is 14.1. The number of benzene rings is 1. The van der Waals surface area contributed by atoms with Gasteiger partial charge in [-0.05, 0) is 23.6 Å². The maximum Gasteiger partial charge on any atom is 0.311 e. The van der Waals surface area contributed by atoms with E-state index in [9.17, 15) is 23.6 Å². The predicted octanol–water partition coefficient (Wildman–Crippen LogP) is 1.42. The maximum atomic E-state index is 10.8. The Bertz CT molecular complexity index is 593. The van der Waals surface area contributed by atoms with Gasteiger partial charge in [-0.25, -0.2) is 0 Å². The highest BCUT2D eigenvalue weighted by Gasteiger charge is 2.19. The molecule has 0 unspecified atom stereocenters. The van der Waals surface area contributed by atoms with Crippen LogP contribution in [0.4, 0.5) is 5.69 Å². The zero-order valence-corrected chi connectivity index (χ0v) is 10.1.